The molecule has 1 heterocycles. The quantitative estimate of drug-likeness (QED) is 0.904. The summed E-state index contributed by atoms with van der Waals surface area (Å²) in [5.74, 6) is -0.251. The summed E-state index contributed by atoms with van der Waals surface area (Å²) in [6, 6.07) is 10.0. The Morgan fingerprint density at radius 1 is 1.05 bits per heavy atom. The van der Waals surface area contributed by atoms with Gasteiger partial charge in [0.05, 0.1) is 12.3 Å². The molecule has 110 valence electrons. The van der Waals surface area contributed by atoms with Crippen molar-refractivity contribution in [1.82, 2.24) is 4.98 Å². The van der Waals surface area contributed by atoms with E-state index in [0.29, 0.717) is 6.42 Å². The van der Waals surface area contributed by atoms with E-state index in [9.17, 15) is 4.39 Å². The molecule has 2 nitrogen and oxygen atoms in total. The zero-order chi connectivity index (χ0) is 15.4. The van der Waals surface area contributed by atoms with Crippen molar-refractivity contribution in [2.24, 2.45) is 0 Å². The van der Waals surface area contributed by atoms with Crippen LogP contribution in [0.1, 0.15) is 44.5 Å². The number of halogens is 1. The minimum absolute atomic E-state index is 0.0432. The SMILES string of the molecule is CC.CC.OCc1cccnc1Cc1cccc(F)c1. The van der Waals surface area contributed by atoms with Gasteiger partial charge in [0.1, 0.15) is 5.82 Å². The average Bonchev–Trinajstić information content (AvgIpc) is 2.52. The second-order valence-corrected chi connectivity index (χ2v) is 3.57. The van der Waals surface area contributed by atoms with Gasteiger partial charge in [0, 0.05) is 12.6 Å². The number of hydrogen-bond donors (Lipinski definition) is 1. The number of benzene rings is 1. The van der Waals surface area contributed by atoms with Gasteiger partial charge < -0.3 is 5.11 Å². The van der Waals surface area contributed by atoms with E-state index in [2.05, 4.69) is 4.98 Å². The molecule has 20 heavy (non-hydrogen) atoms. The van der Waals surface area contributed by atoms with Gasteiger partial charge in [-0.05, 0) is 29.3 Å². The van der Waals surface area contributed by atoms with Crippen LogP contribution >= 0.6 is 0 Å². The molecule has 0 unspecified atom stereocenters. The van der Waals surface area contributed by atoms with Gasteiger partial charge in [-0.25, -0.2) is 4.39 Å². The van der Waals surface area contributed by atoms with E-state index in [-0.39, 0.29) is 12.4 Å². The van der Waals surface area contributed by atoms with Crippen LogP contribution in [-0.2, 0) is 13.0 Å². The van der Waals surface area contributed by atoms with E-state index < -0.39 is 0 Å². The summed E-state index contributed by atoms with van der Waals surface area (Å²) in [5.41, 5.74) is 2.43. The van der Waals surface area contributed by atoms with Crippen molar-refractivity contribution in [1.29, 1.82) is 0 Å². The van der Waals surface area contributed by atoms with Crippen LogP contribution in [0.25, 0.3) is 0 Å². The fourth-order valence-electron chi connectivity index (χ4n) is 1.61. The first-order chi connectivity index (χ1) is 9.79. The molecule has 1 aromatic heterocycles. The van der Waals surface area contributed by atoms with Crippen molar-refractivity contribution in [3.8, 4) is 0 Å². The first-order valence-corrected chi connectivity index (χ1v) is 7.07. The van der Waals surface area contributed by atoms with E-state index in [1.165, 1.54) is 12.1 Å². The lowest BCUT2D eigenvalue weighted by atomic mass is 10.1. The van der Waals surface area contributed by atoms with Crippen molar-refractivity contribution >= 4 is 0 Å². The maximum absolute atomic E-state index is 13.0. The van der Waals surface area contributed by atoms with Gasteiger partial charge in [0.15, 0.2) is 0 Å². The van der Waals surface area contributed by atoms with E-state index in [4.69, 9.17) is 5.11 Å². The smallest absolute Gasteiger partial charge is 0.123 e. The Balaban J connectivity index is 0.000000829. The van der Waals surface area contributed by atoms with E-state index in [1.807, 2.05) is 39.8 Å². The highest BCUT2D eigenvalue weighted by Crippen LogP contribution is 2.12. The van der Waals surface area contributed by atoms with Crippen LogP contribution in [-0.4, -0.2) is 10.1 Å². The predicted octanol–water partition coefficient (Wildman–Crippen LogP) is 4.36. The lowest BCUT2D eigenvalue weighted by Crippen LogP contribution is -1.98. The Hall–Kier alpha value is -1.74. The lowest BCUT2D eigenvalue weighted by molar-refractivity contribution is 0.280. The third-order valence-corrected chi connectivity index (χ3v) is 2.42. The molecule has 0 bridgehead atoms. The normalized spacial score (nSPS) is 8.90. The van der Waals surface area contributed by atoms with Crippen LogP contribution in [0.2, 0.25) is 0 Å². The molecule has 0 fully saturated rings. The number of aromatic nitrogens is 1. The summed E-state index contributed by atoms with van der Waals surface area (Å²) in [4.78, 5) is 4.19. The number of aliphatic hydroxyl groups excluding tert-OH is 1. The van der Waals surface area contributed by atoms with Crippen LogP contribution in [0, 0.1) is 5.82 Å². The molecular weight excluding hydrogens is 253 g/mol. The summed E-state index contributed by atoms with van der Waals surface area (Å²) in [6.07, 6.45) is 2.21. The average molecular weight is 277 g/mol. The molecular formula is C17H24FNO. The molecule has 0 saturated heterocycles. The zero-order valence-electron chi connectivity index (χ0n) is 12.7. The van der Waals surface area contributed by atoms with E-state index in [1.54, 1.807) is 18.3 Å². The summed E-state index contributed by atoms with van der Waals surface area (Å²) >= 11 is 0. The number of pyridine rings is 1. The second-order valence-electron chi connectivity index (χ2n) is 3.57. The number of aliphatic hydroxyl groups is 1. The number of hydrogen-bond acceptors (Lipinski definition) is 2. The molecule has 2 aromatic rings. The maximum Gasteiger partial charge on any atom is 0.123 e. The fraction of sp³-hybridized carbons (Fsp3) is 0.353. The minimum Gasteiger partial charge on any atom is -0.392 e. The highest BCUT2D eigenvalue weighted by Gasteiger charge is 2.04. The van der Waals surface area contributed by atoms with E-state index in [0.717, 1.165) is 16.8 Å². The lowest BCUT2D eigenvalue weighted by Gasteiger charge is -2.05. The zero-order valence-corrected chi connectivity index (χ0v) is 12.7. The molecule has 0 saturated carbocycles. The maximum atomic E-state index is 13.0. The Kier molecular flexibility index (Phi) is 10.2. The molecule has 0 atom stereocenters. The van der Waals surface area contributed by atoms with Crippen molar-refractivity contribution in [3.63, 3.8) is 0 Å². The molecule has 0 aliphatic heterocycles. The molecule has 0 aliphatic carbocycles. The molecule has 2 rings (SSSR count). The molecule has 0 amide bonds. The van der Waals surface area contributed by atoms with Crippen molar-refractivity contribution in [2.75, 3.05) is 0 Å². The summed E-state index contributed by atoms with van der Waals surface area (Å²) in [5, 5.41) is 9.14. The van der Waals surface area contributed by atoms with Crippen LogP contribution in [0.5, 0.6) is 0 Å². The van der Waals surface area contributed by atoms with Gasteiger partial charge in [0.25, 0.3) is 0 Å². The molecule has 0 spiro atoms. The van der Waals surface area contributed by atoms with Crippen molar-refractivity contribution in [2.45, 2.75) is 40.7 Å². The van der Waals surface area contributed by atoms with Crippen molar-refractivity contribution < 1.29 is 9.50 Å². The molecule has 3 heteroatoms. The van der Waals surface area contributed by atoms with Gasteiger partial charge in [-0.3, -0.25) is 4.98 Å². The largest absolute Gasteiger partial charge is 0.392 e. The van der Waals surface area contributed by atoms with Crippen LogP contribution in [0.3, 0.4) is 0 Å². The first kappa shape index (κ1) is 18.3. The third kappa shape index (κ3) is 5.93. The third-order valence-electron chi connectivity index (χ3n) is 2.42. The first-order valence-electron chi connectivity index (χ1n) is 7.07. The van der Waals surface area contributed by atoms with Gasteiger partial charge in [0.2, 0.25) is 0 Å². The molecule has 0 radical (unpaired) electrons. The fourth-order valence-corrected chi connectivity index (χ4v) is 1.61. The highest BCUT2D eigenvalue weighted by molar-refractivity contribution is 5.27. The Labute approximate surface area is 121 Å². The predicted molar refractivity (Wildman–Crippen MR) is 82.1 cm³/mol. The number of rotatable bonds is 3. The second kappa shape index (κ2) is 11.1. The number of nitrogens with zero attached hydrogens (tertiary/aromatic N) is 1. The van der Waals surface area contributed by atoms with Gasteiger partial charge >= 0.3 is 0 Å². The Morgan fingerprint density at radius 2 is 1.75 bits per heavy atom. The molecule has 1 aromatic carbocycles. The van der Waals surface area contributed by atoms with Gasteiger partial charge in [-0.15, -0.1) is 0 Å². The summed E-state index contributed by atoms with van der Waals surface area (Å²) in [7, 11) is 0. The summed E-state index contributed by atoms with van der Waals surface area (Å²) < 4.78 is 13.0. The minimum atomic E-state index is -0.251. The summed E-state index contributed by atoms with van der Waals surface area (Å²) in [6.45, 7) is 7.96. The molecule has 1 N–H and O–H groups in total. The van der Waals surface area contributed by atoms with Gasteiger partial charge in [-0.1, -0.05) is 45.9 Å². The van der Waals surface area contributed by atoms with Crippen molar-refractivity contribution in [3.05, 3.63) is 65.2 Å². The Bertz CT molecular complexity index is 486. The monoisotopic (exact) mass is 277 g/mol. The van der Waals surface area contributed by atoms with Gasteiger partial charge in [-0.2, -0.15) is 0 Å². The Morgan fingerprint density at radius 3 is 2.35 bits per heavy atom. The van der Waals surface area contributed by atoms with Crippen LogP contribution in [0.15, 0.2) is 42.6 Å². The molecule has 0 aliphatic rings. The highest BCUT2D eigenvalue weighted by atomic mass is 19.1. The van der Waals surface area contributed by atoms with Crippen LogP contribution < -0.4 is 0 Å². The topological polar surface area (TPSA) is 33.1 Å². The van der Waals surface area contributed by atoms with Crippen LogP contribution in [0.4, 0.5) is 4.39 Å². The standard InChI is InChI=1S/C13H12FNO.2C2H6/c14-12-5-1-3-10(7-12)8-13-11(9-16)4-2-6-15-13;2*1-2/h1-7,16H,8-9H2;2*1-2H3. The van der Waals surface area contributed by atoms with E-state index >= 15 is 0 Å².